The van der Waals surface area contributed by atoms with Crippen molar-refractivity contribution in [2.75, 3.05) is 16.4 Å². The number of nitrogens with zero attached hydrogens (tertiary/aromatic N) is 1. The van der Waals surface area contributed by atoms with Gasteiger partial charge in [0.1, 0.15) is 5.75 Å². The number of carbonyl (C=O) groups excluding carboxylic acids is 1. The van der Waals surface area contributed by atoms with Crippen molar-refractivity contribution in [2.45, 2.75) is 6.36 Å². The van der Waals surface area contributed by atoms with Crippen LogP contribution in [0.2, 0.25) is 5.02 Å². The lowest BCUT2D eigenvalue weighted by Crippen LogP contribution is -2.20. The van der Waals surface area contributed by atoms with Gasteiger partial charge in [-0.15, -0.1) is 13.2 Å². The van der Waals surface area contributed by atoms with Crippen molar-refractivity contribution in [1.82, 2.24) is 5.16 Å². The highest BCUT2D eigenvalue weighted by Gasteiger charge is 2.31. The predicted octanol–water partition coefficient (Wildman–Crippen LogP) is 6.27. The zero-order valence-corrected chi connectivity index (χ0v) is 16.8. The second-order valence-corrected chi connectivity index (χ2v) is 7.00. The van der Waals surface area contributed by atoms with E-state index in [1.807, 2.05) is 6.07 Å². The van der Waals surface area contributed by atoms with Crippen molar-refractivity contribution in [2.24, 2.45) is 0 Å². The van der Waals surface area contributed by atoms with Gasteiger partial charge in [-0.2, -0.15) is 0 Å². The van der Waals surface area contributed by atoms with Gasteiger partial charge in [-0.25, -0.2) is 4.79 Å². The number of ether oxygens (including phenoxy) is 1. The Bertz CT molecular complexity index is 1310. The first-order valence-corrected chi connectivity index (χ1v) is 9.45. The molecule has 0 saturated carbocycles. The number of urea groups is 1. The number of nitrogen functional groups attached to an aromatic ring is 1. The first-order chi connectivity index (χ1) is 15.2. The zero-order chi connectivity index (χ0) is 22.9. The van der Waals surface area contributed by atoms with E-state index in [9.17, 15) is 18.0 Å². The highest BCUT2D eigenvalue weighted by molar-refractivity contribution is 6.34. The Morgan fingerprint density at radius 1 is 1.06 bits per heavy atom. The number of amides is 2. The number of benzene rings is 3. The molecule has 0 bridgehead atoms. The largest absolute Gasteiger partial charge is 0.573 e. The smallest absolute Gasteiger partial charge is 0.406 e. The summed E-state index contributed by atoms with van der Waals surface area (Å²) in [4.78, 5) is 12.3. The van der Waals surface area contributed by atoms with Crippen molar-refractivity contribution < 1.29 is 27.2 Å². The minimum absolute atomic E-state index is 0.103. The lowest BCUT2D eigenvalue weighted by atomic mass is 10.0. The Morgan fingerprint density at radius 2 is 1.84 bits per heavy atom. The molecule has 0 spiro atoms. The number of rotatable bonds is 4. The Morgan fingerprint density at radius 3 is 2.59 bits per heavy atom. The van der Waals surface area contributed by atoms with Gasteiger partial charge in [0, 0.05) is 11.8 Å². The lowest BCUT2D eigenvalue weighted by molar-refractivity contribution is -0.274. The molecule has 4 N–H and O–H groups in total. The van der Waals surface area contributed by atoms with Crippen LogP contribution in [0, 0.1) is 0 Å². The van der Waals surface area contributed by atoms with Crippen LogP contribution in [0.25, 0.3) is 22.1 Å². The average molecular weight is 463 g/mol. The number of alkyl halides is 3. The maximum atomic E-state index is 12.4. The molecule has 32 heavy (non-hydrogen) atoms. The molecule has 0 radical (unpaired) electrons. The third-order valence-corrected chi connectivity index (χ3v) is 4.69. The van der Waals surface area contributed by atoms with Gasteiger partial charge >= 0.3 is 12.4 Å². The number of nitrogens with two attached hydrogens (primary N) is 1. The maximum Gasteiger partial charge on any atom is 0.573 e. The van der Waals surface area contributed by atoms with E-state index in [1.165, 1.54) is 12.1 Å². The molecule has 0 aliphatic heterocycles. The third kappa shape index (κ3) is 4.70. The van der Waals surface area contributed by atoms with E-state index < -0.39 is 18.1 Å². The maximum absolute atomic E-state index is 12.4. The van der Waals surface area contributed by atoms with Gasteiger partial charge < -0.3 is 25.6 Å². The highest BCUT2D eigenvalue weighted by atomic mass is 35.5. The van der Waals surface area contributed by atoms with Crippen LogP contribution in [-0.2, 0) is 0 Å². The lowest BCUT2D eigenvalue weighted by Gasteiger charge is -2.12. The molecule has 7 nitrogen and oxygen atoms in total. The average Bonchev–Trinajstić information content (AvgIpc) is 3.10. The predicted molar refractivity (Wildman–Crippen MR) is 115 cm³/mol. The zero-order valence-electron chi connectivity index (χ0n) is 16.0. The molecule has 3 aromatic carbocycles. The quantitative estimate of drug-likeness (QED) is 0.331. The molecule has 4 aromatic rings. The molecule has 0 aliphatic carbocycles. The summed E-state index contributed by atoms with van der Waals surface area (Å²) in [5, 5.41) is 9.61. The van der Waals surface area contributed by atoms with Gasteiger partial charge in [-0.1, -0.05) is 41.0 Å². The number of anilines is 3. The van der Waals surface area contributed by atoms with Crippen molar-refractivity contribution in [3.05, 3.63) is 65.7 Å². The summed E-state index contributed by atoms with van der Waals surface area (Å²) < 4.78 is 46.1. The second-order valence-electron chi connectivity index (χ2n) is 6.60. The van der Waals surface area contributed by atoms with Crippen LogP contribution in [0.4, 0.5) is 35.2 Å². The van der Waals surface area contributed by atoms with Crippen molar-refractivity contribution in [3.8, 4) is 16.9 Å². The molecule has 1 heterocycles. The second kappa shape index (κ2) is 8.31. The SMILES string of the molecule is Nc1noc2cccc(-c3ccc(NC(=O)Nc4cccc(OC(F)(F)F)c4)c(Cl)c3)c12. The van der Waals surface area contributed by atoms with Gasteiger partial charge in [0.2, 0.25) is 0 Å². The first kappa shape index (κ1) is 21.3. The number of hydrogen-bond acceptors (Lipinski definition) is 5. The van der Waals surface area contributed by atoms with Crippen LogP contribution in [0.5, 0.6) is 5.75 Å². The highest BCUT2D eigenvalue weighted by Crippen LogP contribution is 2.35. The minimum atomic E-state index is -4.84. The van der Waals surface area contributed by atoms with Crippen LogP contribution >= 0.6 is 11.6 Å². The summed E-state index contributed by atoms with van der Waals surface area (Å²) in [6.07, 6.45) is -4.84. The van der Waals surface area contributed by atoms with Gasteiger partial charge in [0.15, 0.2) is 11.4 Å². The van der Waals surface area contributed by atoms with Crippen molar-refractivity contribution in [3.63, 3.8) is 0 Å². The molecular weight excluding hydrogens is 449 g/mol. The van der Waals surface area contributed by atoms with Crippen LogP contribution in [-0.4, -0.2) is 17.6 Å². The number of nitrogens with one attached hydrogen (secondary N) is 2. The number of hydrogen-bond donors (Lipinski definition) is 3. The van der Waals surface area contributed by atoms with E-state index in [2.05, 4.69) is 20.5 Å². The Labute approximate surface area is 183 Å². The molecule has 2 amide bonds. The first-order valence-electron chi connectivity index (χ1n) is 9.07. The van der Waals surface area contributed by atoms with Crippen LogP contribution < -0.4 is 21.1 Å². The Kier molecular flexibility index (Phi) is 5.54. The fraction of sp³-hybridized carbons (Fsp3) is 0.0476. The fourth-order valence-corrected chi connectivity index (χ4v) is 3.32. The van der Waals surface area contributed by atoms with E-state index >= 15 is 0 Å². The minimum Gasteiger partial charge on any atom is -0.406 e. The summed E-state index contributed by atoms with van der Waals surface area (Å²) in [5.41, 5.74) is 8.28. The van der Waals surface area contributed by atoms with Gasteiger partial charge in [-0.3, -0.25) is 0 Å². The summed E-state index contributed by atoms with van der Waals surface area (Å²) >= 11 is 6.33. The van der Waals surface area contributed by atoms with E-state index in [1.54, 1.807) is 30.3 Å². The topological polar surface area (TPSA) is 102 Å². The summed E-state index contributed by atoms with van der Waals surface area (Å²) in [7, 11) is 0. The van der Waals surface area contributed by atoms with Gasteiger partial charge in [-0.05, 0) is 41.5 Å². The normalized spacial score (nSPS) is 11.4. The number of aromatic nitrogens is 1. The molecule has 1 aromatic heterocycles. The standard InChI is InChI=1S/C21H14ClF3N4O3/c22-15-9-11(14-5-2-6-17-18(14)19(26)29-32-17)7-8-16(15)28-20(30)27-12-3-1-4-13(10-12)31-21(23,24)25/h1-10H,(H2,26,29)(H2,27,28,30). The fourth-order valence-electron chi connectivity index (χ4n) is 3.10. The molecule has 4 rings (SSSR count). The van der Waals surface area contributed by atoms with Gasteiger partial charge in [0.05, 0.1) is 16.1 Å². The van der Waals surface area contributed by atoms with Gasteiger partial charge in [0.25, 0.3) is 0 Å². The van der Waals surface area contributed by atoms with Crippen molar-refractivity contribution >= 4 is 45.8 Å². The summed E-state index contributed by atoms with van der Waals surface area (Å²) in [5.74, 6) is -0.218. The van der Waals surface area contributed by atoms with E-state index in [0.717, 1.165) is 23.3 Å². The number of halogens is 4. The molecule has 0 atom stereocenters. The number of carbonyl (C=O) groups is 1. The number of fused-ring (bicyclic) bond motifs is 1. The van der Waals surface area contributed by atoms with Crippen molar-refractivity contribution in [1.29, 1.82) is 0 Å². The molecule has 0 aliphatic rings. The Balaban J connectivity index is 1.50. The molecule has 0 saturated heterocycles. The molecule has 0 unspecified atom stereocenters. The van der Waals surface area contributed by atoms with Crippen LogP contribution in [0.1, 0.15) is 0 Å². The molecule has 11 heteroatoms. The molecule has 0 fully saturated rings. The third-order valence-electron chi connectivity index (χ3n) is 4.38. The summed E-state index contributed by atoms with van der Waals surface area (Å²) in [6.45, 7) is 0. The summed E-state index contributed by atoms with van der Waals surface area (Å²) in [6, 6.07) is 14.5. The van der Waals surface area contributed by atoms with Crippen LogP contribution in [0.15, 0.2) is 65.2 Å². The monoisotopic (exact) mass is 462 g/mol. The van der Waals surface area contributed by atoms with E-state index in [4.69, 9.17) is 21.9 Å². The van der Waals surface area contributed by atoms with E-state index in [-0.39, 0.29) is 16.5 Å². The van der Waals surface area contributed by atoms with E-state index in [0.29, 0.717) is 16.7 Å². The molecular formula is C21H14ClF3N4O3. The van der Waals surface area contributed by atoms with Crippen LogP contribution in [0.3, 0.4) is 0 Å². The Hall–Kier alpha value is -3.92. The molecule has 164 valence electrons.